The highest BCUT2D eigenvalue weighted by Crippen LogP contribution is 2.34. The standard InChI is InChI=1S/C23H12N2O5/c24-11-15-3-7-18(9-16(15)12-25)29-17-5-1-13(2-6-17)19-10-14-4-8-20(26)21(27)22(14)30-23(19)28/h1-10,26-27H. The van der Waals surface area contributed by atoms with Crippen LogP contribution >= 0.6 is 0 Å². The third-order valence-electron chi connectivity index (χ3n) is 4.49. The van der Waals surface area contributed by atoms with Crippen molar-refractivity contribution >= 4 is 11.0 Å². The van der Waals surface area contributed by atoms with Crippen molar-refractivity contribution in [2.45, 2.75) is 0 Å². The molecule has 1 heterocycles. The Morgan fingerprint density at radius 3 is 2.23 bits per heavy atom. The first-order valence-corrected chi connectivity index (χ1v) is 8.71. The highest BCUT2D eigenvalue weighted by Gasteiger charge is 2.13. The van der Waals surface area contributed by atoms with Crippen LogP contribution in [0.2, 0.25) is 0 Å². The number of benzene rings is 3. The van der Waals surface area contributed by atoms with Crippen LogP contribution < -0.4 is 10.4 Å². The topological polar surface area (TPSA) is 127 Å². The third-order valence-corrected chi connectivity index (χ3v) is 4.49. The number of rotatable bonds is 3. The number of fused-ring (bicyclic) bond motifs is 1. The quantitative estimate of drug-likeness (QED) is 0.388. The number of nitrogens with zero attached hydrogens (tertiary/aromatic N) is 2. The van der Waals surface area contributed by atoms with Crippen LogP contribution in [0, 0.1) is 22.7 Å². The van der Waals surface area contributed by atoms with Crippen molar-refractivity contribution in [1.82, 2.24) is 0 Å². The van der Waals surface area contributed by atoms with E-state index in [1.54, 1.807) is 36.4 Å². The smallest absolute Gasteiger partial charge is 0.344 e. The summed E-state index contributed by atoms with van der Waals surface area (Å²) >= 11 is 0. The van der Waals surface area contributed by atoms with E-state index in [9.17, 15) is 15.0 Å². The predicted octanol–water partition coefficient (Wildman–Crippen LogP) is 4.41. The van der Waals surface area contributed by atoms with E-state index in [-0.39, 0.29) is 28.0 Å². The minimum atomic E-state index is -0.664. The first-order chi connectivity index (χ1) is 14.5. The minimum absolute atomic E-state index is 0.0854. The Balaban J connectivity index is 1.65. The molecule has 1 aromatic heterocycles. The van der Waals surface area contributed by atoms with Gasteiger partial charge in [0.15, 0.2) is 11.3 Å². The molecule has 0 saturated carbocycles. The first-order valence-electron chi connectivity index (χ1n) is 8.71. The molecule has 0 aliphatic rings. The van der Waals surface area contributed by atoms with Crippen molar-refractivity contribution in [3.05, 3.63) is 82.2 Å². The number of ether oxygens (including phenoxy) is 1. The zero-order valence-electron chi connectivity index (χ0n) is 15.3. The molecule has 0 bridgehead atoms. The van der Waals surface area contributed by atoms with Gasteiger partial charge in [-0.1, -0.05) is 12.1 Å². The summed E-state index contributed by atoms with van der Waals surface area (Å²) < 4.78 is 10.9. The molecule has 7 nitrogen and oxygen atoms in total. The Bertz CT molecular complexity index is 1420. The van der Waals surface area contributed by atoms with Crippen LogP contribution in [0.15, 0.2) is 69.9 Å². The predicted molar refractivity (Wildman–Crippen MR) is 107 cm³/mol. The molecular weight excluding hydrogens is 384 g/mol. The van der Waals surface area contributed by atoms with Gasteiger partial charge >= 0.3 is 5.63 Å². The summed E-state index contributed by atoms with van der Waals surface area (Å²) in [6, 6.07) is 19.5. The van der Waals surface area contributed by atoms with Crippen molar-refractivity contribution in [1.29, 1.82) is 10.5 Å². The molecule has 0 unspecified atom stereocenters. The molecule has 0 saturated heterocycles. The molecule has 0 aliphatic heterocycles. The van der Waals surface area contributed by atoms with E-state index in [0.29, 0.717) is 22.4 Å². The molecule has 0 radical (unpaired) electrons. The number of hydrogen-bond donors (Lipinski definition) is 2. The molecule has 2 N–H and O–H groups in total. The summed E-state index contributed by atoms with van der Waals surface area (Å²) in [4.78, 5) is 12.4. The van der Waals surface area contributed by atoms with Crippen molar-refractivity contribution in [3.8, 4) is 46.3 Å². The zero-order valence-corrected chi connectivity index (χ0v) is 15.3. The Morgan fingerprint density at radius 2 is 1.53 bits per heavy atom. The van der Waals surface area contributed by atoms with Gasteiger partial charge in [-0.05, 0) is 54.1 Å². The van der Waals surface area contributed by atoms with Gasteiger partial charge in [0, 0.05) is 5.39 Å². The second-order valence-corrected chi connectivity index (χ2v) is 6.36. The van der Waals surface area contributed by atoms with Gasteiger partial charge in [-0.25, -0.2) is 4.79 Å². The summed E-state index contributed by atoms with van der Waals surface area (Å²) in [5.41, 5.74) is 0.588. The van der Waals surface area contributed by atoms with E-state index < -0.39 is 11.4 Å². The Hall–Kier alpha value is -4.75. The van der Waals surface area contributed by atoms with Gasteiger partial charge < -0.3 is 19.4 Å². The van der Waals surface area contributed by atoms with Crippen LogP contribution in [0.4, 0.5) is 0 Å². The lowest BCUT2D eigenvalue weighted by Gasteiger charge is -2.08. The van der Waals surface area contributed by atoms with Crippen molar-refractivity contribution in [3.63, 3.8) is 0 Å². The van der Waals surface area contributed by atoms with Crippen LogP contribution in [0.1, 0.15) is 11.1 Å². The third kappa shape index (κ3) is 3.28. The lowest BCUT2D eigenvalue weighted by molar-refractivity contribution is 0.398. The van der Waals surface area contributed by atoms with Gasteiger partial charge in [0.1, 0.15) is 23.6 Å². The Labute approximate surface area is 169 Å². The summed E-state index contributed by atoms with van der Waals surface area (Å²) in [5.74, 6) is 0.0141. The van der Waals surface area contributed by atoms with Crippen molar-refractivity contribution < 1.29 is 19.4 Å². The Morgan fingerprint density at radius 1 is 0.833 bits per heavy atom. The number of hydrogen-bond acceptors (Lipinski definition) is 7. The monoisotopic (exact) mass is 396 g/mol. The fourth-order valence-electron chi connectivity index (χ4n) is 2.98. The van der Waals surface area contributed by atoms with Gasteiger partial charge in [-0.2, -0.15) is 10.5 Å². The molecule has 7 heteroatoms. The Kier molecular flexibility index (Phi) is 4.55. The van der Waals surface area contributed by atoms with Crippen LogP contribution in [0.25, 0.3) is 22.1 Å². The number of phenolic OH excluding ortho intramolecular Hbond substituents is 2. The average molecular weight is 396 g/mol. The van der Waals surface area contributed by atoms with Crippen molar-refractivity contribution in [2.75, 3.05) is 0 Å². The molecule has 3 aromatic carbocycles. The number of phenols is 2. The molecule has 0 aliphatic carbocycles. The summed E-state index contributed by atoms with van der Waals surface area (Å²) in [7, 11) is 0. The maximum Gasteiger partial charge on any atom is 0.344 e. The largest absolute Gasteiger partial charge is 0.504 e. The minimum Gasteiger partial charge on any atom is -0.504 e. The average Bonchev–Trinajstić information content (AvgIpc) is 2.77. The lowest BCUT2D eigenvalue weighted by Crippen LogP contribution is -2.02. The van der Waals surface area contributed by atoms with Gasteiger partial charge in [0.2, 0.25) is 5.75 Å². The first kappa shape index (κ1) is 18.6. The molecule has 30 heavy (non-hydrogen) atoms. The van der Waals surface area contributed by atoms with Gasteiger partial charge in [-0.3, -0.25) is 0 Å². The van der Waals surface area contributed by atoms with E-state index in [4.69, 9.17) is 19.7 Å². The van der Waals surface area contributed by atoms with Crippen LogP contribution in [-0.4, -0.2) is 10.2 Å². The van der Waals surface area contributed by atoms with Crippen LogP contribution in [-0.2, 0) is 0 Å². The van der Waals surface area contributed by atoms with E-state index in [0.717, 1.165) is 0 Å². The highest BCUT2D eigenvalue weighted by atomic mass is 16.5. The van der Waals surface area contributed by atoms with E-state index in [1.807, 2.05) is 12.1 Å². The second-order valence-electron chi connectivity index (χ2n) is 6.36. The van der Waals surface area contributed by atoms with E-state index in [2.05, 4.69) is 0 Å². The van der Waals surface area contributed by atoms with E-state index >= 15 is 0 Å². The number of nitriles is 2. The second kappa shape index (κ2) is 7.34. The fraction of sp³-hybridized carbons (Fsp3) is 0. The molecule has 4 aromatic rings. The normalized spacial score (nSPS) is 10.3. The summed E-state index contributed by atoms with van der Waals surface area (Å²) in [5, 5.41) is 38.0. The van der Waals surface area contributed by atoms with Gasteiger partial charge in [0.25, 0.3) is 0 Å². The van der Waals surface area contributed by atoms with Crippen LogP contribution in [0.5, 0.6) is 23.0 Å². The van der Waals surface area contributed by atoms with Crippen LogP contribution in [0.3, 0.4) is 0 Å². The molecule has 0 amide bonds. The maximum absolute atomic E-state index is 12.4. The summed E-state index contributed by atoms with van der Waals surface area (Å²) in [6.07, 6.45) is 0. The molecule has 0 atom stereocenters. The number of aromatic hydroxyl groups is 2. The maximum atomic E-state index is 12.4. The molecular formula is C23H12N2O5. The fourth-order valence-corrected chi connectivity index (χ4v) is 2.98. The van der Waals surface area contributed by atoms with Gasteiger partial charge in [-0.15, -0.1) is 0 Å². The van der Waals surface area contributed by atoms with E-state index in [1.165, 1.54) is 24.3 Å². The molecule has 0 spiro atoms. The summed E-state index contributed by atoms with van der Waals surface area (Å²) in [6.45, 7) is 0. The SMILES string of the molecule is N#Cc1ccc(Oc2ccc(-c3cc4ccc(O)c(O)c4oc3=O)cc2)cc1C#N. The highest BCUT2D eigenvalue weighted by molar-refractivity contribution is 5.87. The molecule has 4 rings (SSSR count). The molecule has 144 valence electrons. The van der Waals surface area contributed by atoms with Crippen molar-refractivity contribution in [2.24, 2.45) is 0 Å². The van der Waals surface area contributed by atoms with Gasteiger partial charge in [0.05, 0.1) is 16.7 Å². The molecule has 0 fully saturated rings. The zero-order chi connectivity index (χ0) is 21.3. The lowest BCUT2D eigenvalue weighted by atomic mass is 10.1.